The predicted octanol–water partition coefficient (Wildman–Crippen LogP) is 18.5. The molecule has 0 unspecified atom stereocenters. The monoisotopic (exact) mass is 921 g/mol. The summed E-state index contributed by atoms with van der Waals surface area (Å²) in [5, 5.41) is 10.2. The van der Waals surface area contributed by atoms with Gasteiger partial charge in [-0.05, 0) is 169 Å². The lowest BCUT2D eigenvalue weighted by Gasteiger charge is -2.33. The normalized spacial score (nSPS) is 14.2. The van der Waals surface area contributed by atoms with E-state index in [2.05, 4.69) is 266 Å². The lowest BCUT2D eigenvalue weighted by atomic mass is 9.68. The second-order valence-corrected chi connectivity index (χ2v) is 20.6. The van der Waals surface area contributed by atoms with Crippen LogP contribution in [0.15, 0.2) is 261 Å². The minimum absolute atomic E-state index is 0.485. The van der Waals surface area contributed by atoms with Crippen molar-refractivity contribution in [1.82, 2.24) is 0 Å². The first kappa shape index (κ1) is 39.4. The predicted molar refractivity (Wildman–Crippen MR) is 304 cm³/mol. The molecule has 0 heterocycles. The van der Waals surface area contributed by atoms with Gasteiger partial charge in [0.1, 0.15) is 0 Å². The molecule has 0 saturated carbocycles. The number of nitrogens with zero attached hydrogens (tertiary/aromatic N) is 1. The van der Waals surface area contributed by atoms with Crippen LogP contribution in [0.4, 0.5) is 17.1 Å². The maximum atomic E-state index is 2.45. The van der Waals surface area contributed by atoms with Crippen LogP contribution in [0.25, 0.3) is 87.6 Å². The molecule has 73 heavy (non-hydrogen) atoms. The number of hydrogen-bond acceptors (Lipinski definition) is 1. The van der Waals surface area contributed by atoms with E-state index in [1.807, 2.05) is 0 Å². The fourth-order valence-electron chi connectivity index (χ4n) is 14.8. The van der Waals surface area contributed by atoms with Gasteiger partial charge in [-0.3, -0.25) is 0 Å². The molecule has 1 nitrogen and oxygen atoms in total. The number of para-hydroxylation sites is 1. The topological polar surface area (TPSA) is 3.24 Å². The van der Waals surface area contributed by atoms with Gasteiger partial charge in [-0.1, -0.05) is 224 Å². The highest BCUT2D eigenvalue weighted by Crippen LogP contribution is 2.67. The van der Waals surface area contributed by atoms with Crippen molar-refractivity contribution in [2.75, 3.05) is 4.90 Å². The molecule has 0 N–H and O–H groups in total. The summed E-state index contributed by atoms with van der Waals surface area (Å²) in [5.74, 6) is 0. The van der Waals surface area contributed by atoms with Crippen LogP contribution in [0.5, 0.6) is 0 Å². The van der Waals surface area contributed by atoms with E-state index in [-0.39, 0.29) is 0 Å². The Morgan fingerprint density at radius 1 is 0.205 bits per heavy atom. The Balaban J connectivity index is 0.891. The lowest BCUT2D eigenvalue weighted by molar-refractivity contribution is 0.809. The highest BCUT2D eigenvalue weighted by molar-refractivity contribution is 6.12. The fraction of sp³-hybridized carbons (Fsp3) is 0.0278. The van der Waals surface area contributed by atoms with Crippen molar-refractivity contribution in [3.8, 4) is 44.5 Å². The summed E-state index contributed by atoms with van der Waals surface area (Å²) >= 11 is 0. The van der Waals surface area contributed by atoms with Gasteiger partial charge in [0, 0.05) is 17.1 Å². The first-order valence-electron chi connectivity index (χ1n) is 25.7. The minimum atomic E-state index is -0.485. The average molecular weight is 922 g/mol. The third kappa shape index (κ3) is 4.83. The van der Waals surface area contributed by atoms with Crippen molar-refractivity contribution in [3.05, 3.63) is 305 Å². The van der Waals surface area contributed by atoms with Gasteiger partial charge in [0.25, 0.3) is 0 Å². The van der Waals surface area contributed by atoms with Crippen molar-refractivity contribution >= 4 is 60.2 Å². The molecule has 17 rings (SSSR count). The molecule has 13 aromatic rings. The van der Waals surface area contributed by atoms with E-state index in [0.717, 1.165) is 17.1 Å². The number of anilines is 3. The van der Waals surface area contributed by atoms with E-state index in [0.29, 0.717) is 0 Å². The molecule has 0 saturated heterocycles. The van der Waals surface area contributed by atoms with E-state index in [1.54, 1.807) is 0 Å². The van der Waals surface area contributed by atoms with Gasteiger partial charge in [-0.2, -0.15) is 0 Å². The maximum Gasteiger partial charge on any atom is 0.0737 e. The molecule has 336 valence electrons. The molecule has 0 bridgehead atoms. The van der Waals surface area contributed by atoms with Crippen molar-refractivity contribution in [3.63, 3.8) is 0 Å². The van der Waals surface area contributed by atoms with Gasteiger partial charge in [-0.15, -0.1) is 0 Å². The molecule has 0 aromatic heterocycles. The molecular weight excluding hydrogens is 879 g/mol. The van der Waals surface area contributed by atoms with Gasteiger partial charge in [-0.25, -0.2) is 0 Å². The van der Waals surface area contributed by atoms with Crippen molar-refractivity contribution in [2.45, 2.75) is 10.8 Å². The summed E-state index contributed by atoms with van der Waals surface area (Å²) in [7, 11) is 0. The Morgan fingerprint density at radius 3 is 0.918 bits per heavy atom. The highest BCUT2D eigenvalue weighted by atomic mass is 15.1. The largest absolute Gasteiger partial charge is 0.310 e. The van der Waals surface area contributed by atoms with Crippen molar-refractivity contribution < 1.29 is 0 Å². The summed E-state index contributed by atoms with van der Waals surface area (Å²) in [6.07, 6.45) is 0. The van der Waals surface area contributed by atoms with E-state index < -0.39 is 10.8 Å². The molecular formula is C72H43N. The minimum Gasteiger partial charge on any atom is -0.310 e. The van der Waals surface area contributed by atoms with E-state index in [4.69, 9.17) is 0 Å². The van der Waals surface area contributed by atoms with Gasteiger partial charge in [0.2, 0.25) is 0 Å². The summed E-state index contributed by atoms with van der Waals surface area (Å²) < 4.78 is 0. The third-order valence-electron chi connectivity index (χ3n) is 17.4. The van der Waals surface area contributed by atoms with Crippen LogP contribution in [-0.4, -0.2) is 0 Å². The second-order valence-electron chi connectivity index (χ2n) is 20.6. The molecule has 1 heteroatoms. The molecule has 0 radical (unpaired) electrons. The van der Waals surface area contributed by atoms with Crippen LogP contribution in [0.1, 0.15) is 44.5 Å². The zero-order valence-corrected chi connectivity index (χ0v) is 39.8. The first-order valence-corrected chi connectivity index (χ1v) is 25.7. The van der Waals surface area contributed by atoms with E-state index >= 15 is 0 Å². The Hall–Kier alpha value is -9.30. The molecule has 13 aromatic carbocycles. The summed E-state index contributed by atoms with van der Waals surface area (Å²) in [6, 6.07) is 98.9. The number of hydrogen-bond donors (Lipinski definition) is 0. The maximum absolute atomic E-state index is 2.45. The van der Waals surface area contributed by atoms with Gasteiger partial charge in [0.05, 0.1) is 10.8 Å². The van der Waals surface area contributed by atoms with Crippen molar-refractivity contribution in [1.29, 1.82) is 0 Å². The van der Waals surface area contributed by atoms with Crippen LogP contribution in [-0.2, 0) is 10.8 Å². The molecule has 0 amide bonds. The molecule has 2 spiro atoms. The van der Waals surface area contributed by atoms with Crippen molar-refractivity contribution in [2.24, 2.45) is 0 Å². The first-order chi connectivity index (χ1) is 36.2. The Labute approximate surface area is 423 Å². The fourth-order valence-corrected chi connectivity index (χ4v) is 14.8. The number of fused-ring (bicyclic) bond motifs is 28. The average Bonchev–Trinajstić information content (AvgIpc) is 4.15. The van der Waals surface area contributed by atoms with Gasteiger partial charge in [0.15, 0.2) is 0 Å². The highest BCUT2D eigenvalue weighted by Gasteiger charge is 2.55. The number of benzene rings is 13. The standard InChI is InChI=1S/C72H43N/c1-2-18-48(19-3-1)73(49-34-40-53-46(42-49)32-38-61-59-36-30-44-16-4-6-20-51(44)67(59)71(69(53)61)63-26-12-8-22-55(63)56-23-9-13-27-64(56)71)50-35-41-54-47(43-50)33-39-62-60-37-31-45-17-5-7-21-52(45)68(60)72(70(54)62)65-28-14-10-24-57(65)58-25-11-15-29-66(58)72/h1-43H. The third-order valence-corrected chi connectivity index (χ3v) is 17.4. The van der Waals surface area contributed by atoms with Crippen LogP contribution in [0.2, 0.25) is 0 Å². The van der Waals surface area contributed by atoms with Crippen LogP contribution in [0, 0.1) is 0 Å². The molecule has 4 aliphatic carbocycles. The smallest absolute Gasteiger partial charge is 0.0737 e. The van der Waals surface area contributed by atoms with Crippen LogP contribution < -0.4 is 4.90 Å². The molecule has 4 aliphatic rings. The van der Waals surface area contributed by atoms with E-state index in [1.165, 1.54) is 132 Å². The summed E-state index contributed by atoms with van der Waals surface area (Å²) in [6.45, 7) is 0. The van der Waals surface area contributed by atoms with Gasteiger partial charge < -0.3 is 4.90 Å². The Kier molecular flexibility index (Phi) is 7.66. The van der Waals surface area contributed by atoms with Crippen LogP contribution in [0.3, 0.4) is 0 Å². The van der Waals surface area contributed by atoms with Gasteiger partial charge >= 0.3 is 0 Å². The SMILES string of the molecule is c1ccc(N(c2ccc3c4c(ccc3c2)-c2ccc3ccccc3c2C42c3ccccc3-c3ccccc32)c2ccc3c4c(ccc3c2)-c2ccc3ccccc3c2C42c3ccccc3-c3ccccc32)cc1. The number of rotatable bonds is 3. The zero-order valence-electron chi connectivity index (χ0n) is 39.8. The zero-order chi connectivity index (χ0) is 47.6. The quantitative estimate of drug-likeness (QED) is 0.171. The van der Waals surface area contributed by atoms with E-state index in [9.17, 15) is 0 Å². The lowest BCUT2D eigenvalue weighted by Crippen LogP contribution is -2.26. The molecule has 0 aliphatic heterocycles. The van der Waals surface area contributed by atoms with Crippen LogP contribution >= 0.6 is 0 Å². The molecule has 0 atom stereocenters. The summed E-state index contributed by atoms with van der Waals surface area (Å²) in [5.41, 5.74) is 23.9. The Morgan fingerprint density at radius 2 is 0.521 bits per heavy atom. The summed E-state index contributed by atoms with van der Waals surface area (Å²) in [4.78, 5) is 2.45. The Bertz CT molecular complexity index is 4210. The molecule has 0 fully saturated rings. The second kappa shape index (κ2) is 14.2.